The maximum Gasteiger partial charge on any atom is 0.0713 e. The van der Waals surface area contributed by atoms with Crippen LogP contribution in [0.15, 0.2) is 194 Å². The van der Waals surface area contributed by atoms with E-state index in [0.29, 0.717) is 11.8 Å². The van der Waals surface area contributed by atoms with Crippen LogP contribution in [-0.4, -0.2) is 11.1 Å². The highest BCUT2D eigenvalue weighted by Crippen LogP contribution is 2.66. The minimum Gasteiger partial charge on any atom is -0.334 e. The van der Waals surface area contributed by atoms with E-state index in [1.807, 2.05) is 0 Å². The summed E-state index contributed by atoms with van der Waals surface area (Å²) in [6, 6.07) is 74.6. The van der Waals surface area contributed by atoms with Gasteiger partial charge in [-0.3, -0.25) is 0 Å². The highest BCUT2D eigenvalue weighted by molar-refractivity contribution is 5.92. The van der Waals surface area contributed by atoms with Crippen molar-refractivity contribution in [2.24, 2.45) is 10.8 Å². The lowest BCUT2D eigenvalue weighted by atomic mass is 9.58. The molecule has 0 radical (unpaired) electrons. The second-order valence-corrected chi connectivity index (χ2v) is 22.8. The minimum atomic E-state index is -0.475. The van der Waals surface area contributed by atoms with Crippen LogP contribution in [0.2, 0.25) is 0 Å². The fraction of sp³-hybridized carbons (Fsp3) is 0.284. The van der Waals surface area contributed by atoms with Crippen LogP contribution in [0, 0.1) is 10.8 Å². The maximum atomic E-state index is 2.71. The van der Waals surface area contributed by atoms with Gasteiger partial charge in [-0.05, 0) is 178 Å². The van der Waals surface area contributed by atoms with Gasteiger partial charge in [0.25, 0.3) is 0 Å². The Bertz CT molecular complexity index is 3060. The van der Waals surface area contributed by atoms with Gasteiger partial charge in [-0.15, -0.1) is 0 Å². The summed E-state index contributed by atoms with van der Waals surface area (Å²) in [5.74, 6) is 0.894. The third-order valence-corrected chi connectivity index (χ3v) is 19.1. The molecule has 2 heterocycles. The highest BCUT2D eigenvalue weighted by Gasteiger charge is 2.60. The molecule has 0 spiro atoms. The predicted octanol–water partition coefficient (Wildman–Crippen LogP) is 17.8. The van der Waals surface area contributed by atoms with E-state index in [1.165, 1.54) is 128 Å². The monoisotopic (exact) mass is 897 g/mol. The van der Waals surface area contributed by atoms with Crippen molar-refractivity contribution in [3.05, 3.63) is 228 Å². The van der Waals surface area contributed by atoms with E-state index >= 15 is 0 Å². The van der Waals surface area contributed by atoms with Crippen molar-refractivity contribution in [1.82, 2.24) is 0 Å². The van der Waals surface area contributed by atoms with Crippen LogP contribution < -0.4 is 9.80 Å². The average molecular weight is 897 g/mol. The van der Waals surface area contributed by atoms with Gasteiger partial charge in [0.2, 0.25) is 0 Å². The van der Waals surface area contributed by atoms with E-state index in [2.05, 4.69) is 245 Å². The van der Waals surface area contributed by atoms with Crippen molar-refractivity contribution in [3.63, 3.8) is 0 Å². The third-order valence-electron chi connectivity index (χ3n) is 19.1. The van der Waals surface area contributed by atoms with E-state index < -0.39 is 5.41 Å². The van der Waals surface area contributed by atoms with Gasteiger partial charge in [0.05, 0.1) is 16.5 Å². The standard InChI is InChI=1S/C67H64N2/c1-63(2)39-19-29-57-55-43-47(33-37-61(55)68(65(57,63)5)51-25-15-9-16-26-51)45-31-35-59-53(41-45)54-42-46(32-36-60(54)67(59,49-21-11-7-12-22-49)50-23-13-8-14-24-50)48-34-38-62-56(44-48)58-30-20-40-64(3,4)66(58,6)69(62)52-27-17-10-18-28-52/h7-18,21-28,31-38,41-44,57-58H,19-20,29-30,39-40H2,1-6H3. The summed E-state index contributed by atoms with van der Waals surface area (Å²) >= 11 is 0. The zero-order valence-electron chi connectivity index (χ0n) is 41.3. The summed E-state index contributed by atoms with van der Waals surface area (Å²) in [6.45, 7) is 15.1. The molecular weight excluding hydrogens is 833 g/mol. The number of rotatable bonds is 6. The molecule has 0 saturated heterocycles. The van der Waals surface area contributed by atoms with Gasteiger partial charge < -0.3 is 9.80 Å². The third kappa shape index (κ3) is 5.78. The summed E-state index contributed by atoms with van der Waals surface area (Å²) < 4.78 is 0. The zero-order valence-corrected chi connectivity index (χ0v) is 41.3. The summed E-state index contributed by atoms with van der Waals surface area (Å²) in [7, 11) is 0. The molecule has 4 atom stereocenters. The molecule has 8 aromatic carbocycles. The summed E-state index contributed by atoms with van der Waals surface area (Å²) in [5.41, 5.74) is 21.2. The van der Waals surface area contributed by atoms with Gasteiger partial charge in [0, 0.05) is 34.6 Å². The Morgan fingerprint density at radius 3 is 1.12 bits per heavy atom. The number of anilines is 4. The van der Waals surface area contributed by atoms with E-state index in [-0.39, 0.29) is 21.9 Å². The second kappa shape index (κ2) is 15.2. The first-order valence-electron chi connectivity index (χ1n) is 25.9. The molecule has 342 valence electrons. The van der Waals surface area contributed by atoms with Crippen LogP contribution >= 0.6 is 0 Å². The Labute approximate surface area is 410 Å². The summed E-state index contributed by atoms with van der Waals surface area (Å²) in [6.07, 6.45) is 7.40. The van der Waals surface area contributed by atoms with E-state index in [9.17, 15) is 0 Å². The fourth-order valence-corrected chi connectivity index (χ4v) is 15.1. The molecule has 0 aromatic heterocycles. The molecule has 4 unspecified atom stereocenters. The molecule has 2 heteroatoms. The van der Waals surface area contributed by atoms with E-state index in [4.69, 9.17) is 0 Å². The highest BCUT2D eigenvalue weighted by atomic mass is 15.3. The molecule has 69 heavy (non-hydrogen) atoms. The van der Waals surface area contributed by atoms with Crippen LogP contribution in [0.4, 0.5) is 22.7 Å². The lowest BCUT2D eigenvalue weighted by Gasteiger charge is -2.55. The molecule has 5 aliphatic rings. The zero-order chi connectivity index (χ0) is 46.9. The van der Waals surface area contributed by atoms with Gasteiger partial charge in [0.1, 0.15) is 0 Å². The van der Waals surface area contributed by atoms with Crippen molar-refractivity contribution in [1.29, 1.82) is 0 Å². The predicted molar refractivity (Wildman–Crippen MR) is 289 cm³/mol. The average Bonchev–Trinajstić information content (AvgIpc) is 3.93. The van der Waals surface area contributed by atoms with Crippen molar-refractivity contribution >= 4 is 22.7 Å². The number of para-hydroxylation sites is 2. The molecule has 2 nitrogen and oxygen atoms in total. The molecule has 3 aliphatic carbocycles. The molecule has 0 N–H and O–H groups in total. The number of nitrogens with zero attached hydrogens (tertiary/aromatic N) is 2. The Morgan fingerprint density at radius 1 is 0.377 bits per heavy atom. The quantitative estimate of drug-likeness (QED) is 0.164. The Hall–Kier alpha value is -6.64. The van der Waals surface area contributed by atoms with Crippen molar-refractivity contribution in [3.8, 4) is 33.4 Å². The molecular formula is C67H64N2. The first-order chi connectivity index (χ1) is 33.5. The molecule has 2 aliphatic heterocycles. The van der Waals surface area contributed by atoms with Gasteiger partial charge >= 0.3 is 0 Å². The van der Waals surface area contributed by atoms with Crippen LogP contribution in [0.1, 0.15) is 125 Å². The lowest BCUT2D eigenvalue weighted by molar-refractivity contribution is 0.101. The Balaban J connectivity index is 0.988. The summed E-state index contributed by atoms with van der Waals surface area (Å²) in [4.78, 5) is 5.41. The first-order valence-corrected chi connectivity index (χ1v) is 25.9. The largest absolute Gasteiger partial charge is 0.334 e. The van der Waals surface area contributed by atoms with Crippen LogP contribution in [0.25, 0.3) is 33.4 Å². The van der Waals surface area contributed by atoms with Gasteiger partial charge in [-0.2, -0.15) is 0 Å². The minimum absolute atomic E-state index is 0.0327. The van der Waals surface area contributed by atoms with E-state index in [1.54, 1.807) is 0 Å². The SMILES string of the molecule is CC1(C)CCCC2c3cc(-c4ccc5c(c4)-c4cc(-c6ccc7c(c6)C6CCCC(C)(C)C6(C)N7c6ccccc6)ccc4C5(c4ccccc4)c4ccccc4)ccc3N(c3ccccc3)C21C. The Kier molecular flexibility index (Phi) is 9.34. The van der Waals surface area contributed by atoms with Crippen molar-refractivity contribution < 1.29 is 0 Å². The van der Waals surface area contributed by atoms with E-state index in [0.717, 1.165) is 0 Å². The van der Waals surface area contributed by atoms with Crippen molar-refractivity contribution in [2.45, 2.75) is 108 Å². The second-order valence-electron chi connectivity index (χ2n) is 22.8. The molecule has 13 rings (SSSR count). The molecule has 8 aromatic rings. The van der Waals surface area contributed by atoms with Crippen LogP contribution in [0.3, 0.4) is 0 Å². The maximum absolute atomic E-state index is 2.71. The normalized spacial score (nSPS) is 24.1. The van der Waals surface area contributed by atoms with Gasteiger partial charge in [-0.1, -0.05) is 174 Å². The van der Waals surface area contributed by atoms with Crippen LogP contribution in [0.5, 0.6) is 0 Å². The first kappa shape index (κ1) is 42.5. The topological polar surface area (TPSA) is 6.48 Å². The molecule has 2 saturated carbocycles. The molecule has 0 bridgehead atoms. The fourth-order valence-electron chi connectivity index (χ4n) is 15.1. The van der Waals surface area contributed by atoms with Crippen LogP contribution in [-0.2, 0) is 5.41 Å². The Morgan fingerprint density at radius 2 is 0.725 bits per heavy atom. The van der Waals surface area contributed by atoms with Crippen molar-refractivity contribution in [2.75, 3.05) is 9.80 Å². The molecule has 0 amide bonds. The smallest absolute Gasteiger partial charge is 0.0713 e. The van der Waals surface area contributed by atoms with Gasteiger partial charge in [-0.25, -0.2) is 0 Å². The number of hydrogen-bond donors (Lipinski definition) is 0. The lowest BCUT2D eigenvalue weighted by Crippen LogP contribution is -2.56. The number of fused-ring (bicyclic) bond motifs is 9. The number of benzene rings is 8. The summed E-state index contributed by atoms with van der Waals surface area (Å²) in [5, 5.41) is 0. The molecule has 2 fully saturated rings. The van der Waals surface area contributed by atoms with Gasteiger partial charge in [0.15, 0.2) is 0 Å². The number of hydrogen-bond acceptors (Lipinski definition) is 2.